The van der Waals surface area contributed by atoms with Gasteiger partial charge in [-0.1, -0.05) is 30.0 Å². The molecule has 0 saturated carbocycles. The number of carboxylic acids is 1. The minimum atomic E-state index is -1.27. The van der Waals surface area contributed by atoms with Crippen LogP contribution in [0.4, 0.5) is 0 Å². The molecule has 0 radical (unpaired) electrons. The van der Waals surface area contributed by atoms with Crippen LogP contribution in [-0.2, 0) is 9.59 Å². The van der Waals surface area contributed by atoms with Crippen molar-refractivity contribution in [1.82, 2.24) is 5.32 Å². The minimum absolute atomic E-state index is 0.281. The second-order valence-electron chi connectivity index (χ2n) is 4.92. The number of benzene rings is 1. The van der Waals surface area contributed by atoms with E-state index in [-0.39, 0.29) is 11.6 Å². The maximum Gasteiger partial charge on any atom is 0.239 e. The number of amides is 1. The molecule has 24 heavy (non-hydrogen) atoms. The van der Waals surface area contributed by atoms with Gasteiger partial charge in [-0.05, 0) is 30.7 Å². The highest BCUT2D eigenvalue weighted by molar-refractivity contribution is 8.15. The van der Waals surface area contributed by atoms with Gasteiger partial charge in [0, 0.05) is 12.4 Å². The molecule has 1 aliphatic rings. The van der Waals surface area contributed by atoms with Crippen LogP contribution >= 0.6 is 11.8 Å². The topological polar surface area (TPSA) is 103 Å². The van der Waals surface area contributed by atoms with Gasteiger partial charge in [0.2, 0.25) is 5.91 Å². The lowest BCUT2D eigenvalue weighted by Gasteiger charge is -2.04. The summed E-state index contributed by atoms with van der Waals surface area (Å²) in [5, 5.41) is 20.5. The number of allylic oxidation sites excluding steroid dienone is 1. The molecule has 1 amide bonds. The third-order valence-electron chi connectivity index (χ3n) is 3.06. The van der Waals surface area contributed by atoms with Gasteiger partial charge in [-0.3, -0.25) is 4.79 Å². The van der Waals surface area contributed by atoms with Crippen molar-refractivity contribution >= 4 is 40.6 Å². The molecule has 0 aromatic heterocycles. The van der Waals surface area contributed by atoms with Gasteiger partial charge in [0.05, 0.1) is 18.1 Å². The molecule has 1 saturated heterocycles. The number of rotatable bonds is 6. The Bertz CT molecular complexity index is 711. The largest absolute Gasteiger partial charge is 0.550 e. The summed E-state index contributed by atoms with van der Waals surface area (Å²) < 4.78 is 5.09. The number of aliphatic carboxylic acids is 1. The number of carbonyl (C=O) groups excluding carboxylic acids is 2. The van der Waals surface area contributed by atoms with Gasteiger partial charge >= 0.3 is 0 Å². The van der Waals surface area contributed by atoms with E-state index in [1.54, 1.807) is 20.1 Å². The van der Waals surface area contributed by atoms with Crippen LogP contribution < -0.4 is 15.2 Å². The number of methoxy groups -OCH3 is 1. The first-order valence-corrected chi connectivity index (χ1v) is 7.97. The van der Waals surface area contributed by atoms with Crippen LogP contribution in [0.5, 0.6) is 5.75 Å². The van der Waals surface area contributed by atoms with E-state index in [0.29, 0.717) is 5.71 Å². The average Bonchev–Trinajstić information content (AvgIpc) is 2.90. The average molecular weight is 346 g/mol. The van der Waals surface area contributed by atoms with Crippen LogP contribution in [0.15, 0.2) is 40.5 Å². The lowest BCUT2D eigenvalue weighted by atomic mass is 10.2. The van der Waals surface area contributed by atoms with Crippen molar-refractivity contribution < 1.29 is 19.4 Å². The van der Waals surface area contributed by atoms with E-state index >= 15 is 0 Å². The molecule has 1 fully saturated rings. The Kier molecular flexibility index (Phi) is 6.14. The third kappa shape index (κ3) is 5.24. The predicted octanol–water partition coefficient (Wildman–Crippen LogP) is 0.812. The van der Waals surface area contributed by atoms with Crippen molar-refractivity contribution in [2.75, 3.05) is 7.11 Å². The molecule has 0 unspecified atom stereocenters. The van der Waals surface area contributed by atoms with Crippen molar-refractivity contribution in [3.63, 3.8) is 0 Å². The molecule has 1 atom stereocenters. The van der Waals surface area contributed by atoms with Crippen LogP contribution in [0.3, 0.4) is 0 Å². The highest BCUT2D eigenvalue weighted by Gasteiger charge is 2.30. The molecule has 7 nitrogen and oxygen atoms in total. The normalized spacial score (nSPS) is 19.8. The Hall–Kier alpha value is -2.61. The number of amidine groups is 1. The molecular weight excluding hydrogens is 330 g/mol. The summed E-state index contributed by atoms with van der Waals surface area (Å²) in [7, 11) is 1.61. The summed E-state index contributed by atoms with van der Waals surface area (Å²) in [4.78, 5) is 22.1. The number of nitrogens with zero attached hydrogens (tertiary/aromatic N) is 2. The molecule has 0 bridgehead atoms. The fourth-order valence-corrected chi connectivity index (χ4v) is 2.73. The molecule has 1 aliphatic heterocycles. The Balaban J connectivity index is 1.96. The first-order valence-electron chi connectivity index (χ1n) is 7.09. The second-order valence-corrected chi connectivity index (χ2v) is 6.12. The molecule has 0 spiro atoms. The Labute approximate surface area is 143 Å². The molecular formula is C16H16N3O4S-. The van der Waals surface area contributed by atoms with Crippen molar-refractivity contribution in [1.29, 1.82) is 0 Å². The number of thioether (sulfide) groups is 1. The Morgan fingerprint density at radius 3 is 2.75 bits per heavy atom. The summed E-state index contributed by atoms with van der Waals surface area (Å²) in [5.41, 5.74) is 1.62. The van der Waals surface area contributed by atoms with Crippen molar-refractivity contribution in [2.45, 2.75) is 18.6 Å². The van der Waals surface area contributed by atoms with Crippen molar-refractivity contribution in [3.05, 3.63) is 35.9 Å². The van der Waals surface area contributed by atoms with E-state index in [9.17, 15) is 14.7 Å². The lowest BCUT2D eigenvalue weighted by molar-refractivity contribution is -0.305. The van der Waals surface area contributed by atoms with Gasteiger partial charge in [0.15, 0.2) is 5.17 Å². The monoisotopic (exact) mass is 346 g/mol. The van der Waals surface area contributed by atoms with Gasteiger partial charge in [-0.15, -0.1) is 5.10 Å². The maximum absolute atomic E-state index is 11.6. The number of carboxylic acid groups (broad SMARTS) is 1. The summed E-state index contributed by atoms with van der Waals surface area (Å²) in [6, 6.07) is 7.53. The SMILES string of the molecule is COc1ccc(/C=C/C(C)=N/N=C2/NC(=O)[C@H](CC(=O)[O-])S2)cc1. The summed E-state index contributed by atoms with van der Waals surface area (Å²) in [6.45, 7) is 1.77. The van der Waals surface area contributed by atoms with Gasteiger partial charge in [0.25, 0.3) is 0 Å². The van der Waals surface area contributed by atoms with Crippen LogP contribution in [0.2, 0.25) is 0 Å². The van der Waals surface area contributed by atoms with Crippen LogP contribution in [0, 0.1) is 0 Å². The second kappa shape index (κ2) is 8.30. The molecule has 1 heterocycles. The van der Waals surface area contributed by atoms with Gasteiger partial charge in [-0.25, -0.2) is 0 Å². The third-order valence-corrected chi connectivity index (χ3v) is 4.13. The number of nitrogens with one attached hydrogen (secondary N) is 1. The number of hydrogen-bond donors (Lipinski definition) is 1. The summed E-state index contributed by atoms with van der Waals surface area (Å²) in [6.07, 6.45) is 3.30. The van der Waals surface area contributed by atoms with Crippen LogP contribution in [-0.4, -0.2) is 35.1 Å². The highest BCUT2D eigenvalue weighted by atomic mass is 32.2. The van der Waals surface area contributed by atoms with E-state index in [4.69, 9.17) is 4.74 Å². The van der Waals surface area contributed by atoms with Crippen molar-refractivity contribution in [3.8, 4) is 5.75 Å². The van der Waals surface area contributed by atoms with E-state index in [1.165, 1.54) is 0 Å². The zero-order valence-electron chi connectivity index (χ0n) is 13.2. The Morgan fingerprint density at radius 1 is 1.42 bits per heavy atom. The van der Waals surface area contributed by atoms with Crippen molar-refractivity contribution in [2.24, 2.45) is 10.2 Å². The molecule has 1 aromatic carbocycles. The maximum atomic E-state index is 11.6. The van der Waals surface area contributed by atoms with E-state index in [0.717, 1.165) is 23.1 Å². The predicted molar refractivity (Wildman–Crippen MR) is 91.7 cm³/mol. The molecule has 8 heteroatoms. The first kappa shape index (κ1) is 17.7. The van der Waals surface area contributed by atoms with Gasteiger partial charge < -0.3 is 20.0 Å². The molecule has 2 rings (SSSR count). The minimum Gasteiger partial charge on any atom is -0.550 e. The summed E-state index contributed by atoms with van der Waals surface area (Å²) in [5.74, 6) is -0.889. The number of ether oxygens (including phenoxy) is 1. The smallest absolute Gasteiger partial charge is 0.239 e. The van der Waals surface area contributed by atoms with Crippen LogP contribution in [0.1, 0.15) is 18.9 Å². The number of carbonyl (C=O) groups is 2. The fourth-order valence-electron chi connectivity index (χ4n) is 1.83. The first-order chi connectivity index (χ1) is 11.5. The van der Waals surface area contributed by atoms with E-state index in [2.05, 4.69) is 15.5 Å². The molecule has 1 N–H and O–H groups in total. The zero-order chi connectivity index (χ0) is 17.5. The van der Waals surface area contributed by atoms with Gasteiger partial charge in [-0.2, -0.15) is 5.10 Å². The van der Waals surface area contributed by atoms with E-state index < -0.39 is 17.1 Å². The van der Waals surface area contributed by atoms with Crippen LogP contribution in [0.25, 0.3) is 6.08 Å². The molecule has 1 aromatic rings. The lowest BCUT2D eigenvalue weighted by Crippen LogP contribution is -2.31. The summed E-state index contributed by atoms with van der Waals surface area (Å²) >= 11 is 1.03. The van der Waals surface area contributed by atoms with E-state index in [1.807, 2.05) is 30.3 Å². The van der Waals surface area contributed by atoms with Gasteiger partial charge in [0.1, 0.15) is 5.75 Å². The molecule has 126 valence electrons. The quantitative estimate of drug-likeness (QED) is 0.606. The zero-order valence-corrected chi connectivity index (χ0v) is 14.0. The highest BCUT2D eigenvalue weighted by Crippen LogP contribution is 2.22. The molecule has 0 aliphatic carbocycles. The number of hydrogen-bond acceptors (Lipinski definition) is 7. The fraction of sp³-hybridized carbons (Fsp3) is 0.250. The Morgan fingerprint density at radius 2 is 2.12 bits per heavy atom. The standard InChI is InChI=1S/C16H17N3O4S/c1-10(3-4-11-5-7-12(23-2)8-6-11)18-19-16-17-15(22)13(24-16)9-14(20)21/h3-8,13H,9H2,1-2H3,(H,20,21)(H,17,19,22)/p-1/b4-3+,18-10+/t13-/m0/s1.